The maximum atomic E-state index is 2.55. The summed E-state index contributed by atoms with van der Waals surface area (Å²) < 4.78 is 0.798. The highest BCUT2D eigenvalue weighted by Gasteiger charge is 2.21. The van der Waals surface area contributed by atoms with E-state index in [-0.39, 0.29) is 0 Å². The molecule has 3 atom stereocenters. The van der Waals surface area contributed by atoms with Crippen LogP contribution in [0.5, 0.6) is 0 Å². The molecule has 1 aliphatic rings. The largest absolute Gasteiger partial charge is 0.0823 e. The molecule has 0 aromatic heterocycles. The predicted molar refractivity (Wildman–Crippen MR) is 63.7 cm³/mol. The molecule has 0 bridgehead atoms. The van der Waals surface area contributed by atoms with Crippen LogP contribution in [0.4, 0.5) is 0 Å². The van der Waals surface area contributed by atoms with E-state index in [1.54, 1.807) is 5.57 Å². The van der Waals surface area contributed by atoms with Gasteiger partial charge in [-0.3, -0.25) is 0 Å². The third-order valence-corrected chi connectivity index (χ3v) is 3.70. The molecule has 0 saturated heterocycles. The third kappa shape index (κ3) is 2.75. The van der Waals surface area contributed by atoms with Crippen molar-refractivity contribution in [1.29, 1.82) is 0 Å². The quantitative estimate of drug-likeness (QED) is 0.403. The lowest BCUT2D eigenvalue weighted by molar-refractivity contribution is 0.413. The molecule has 1 rings (SSSR count). The van der Waals surface area contributed by atoms with E-state index in [9.17, 15) is 0 Å². The van der Waals surface area contributed by atoms with E-state index in [4.69, 9.17) is 0 Å². The van der Waals surface area contributed by atoms with Gasteiger partial charge in [-0.15, -0.1) is 0 Å². The summed E-state index contributed by atoms with van der Waals surface area (Å²) in [6, 6.07) is 0. The van der Waals surface area contributed by atoms with Gasteiger partial charge in [0.2, 0.25) is 0 Å². The topological polar surface area (TPSA) is 0 Å². The van der Waals surface area contributed by atoms with Gasteiger partial charge < -0.3 is 0 Å². The lowest BCUT2D eigenvalue weighted by atomic mass is 9.81. The van der Waals surface area contributed by atoms with Crippen LogP contribution in [0, 0.1) is 11.8 Å². The first kappa shape index (κ1) is 10.6. The number of hydrogen-bond acceptors (Lipinski definition) is 0. The van der Waals surface area contributed by atoms with Gasteiger partial charge in [-0.2, -0.15) is 0 Å². The average molecular weight is 278 g/mol. The van der Waals surface area contributed by atoms with Gasteiger partial charge in [-0.05, 0) is 31.1 Å². The minimum atomic E-state index is 0.798. The van der Waals surface area contributed by atoms with Crippen LogP contribution in [0.25, 0.3) is 0 Å². The fourth-order valence-corrected chi connectivity index (χ4v) is 2.52. The summed E-state index contributed by atoms with van der Waals surface area (Å²) in [5, 5.41) is 0. The van der Waals surface area contributed by atoms with Gasteiger partial charge in [0, 0.05) is 3.92 Å². The summed E-state index contributed by atoms with van der Waals surface area (Å²) in [6.07, 6.45) is 6.52. The molecule has 0 amide bonds. The van der Waals surface area contributed by atoms with Crippen molar-refractivity contribution in [2.45, 2.75) is 44.0 Å². The van der Waals surface area contributed by atoms with Crippen molar-refractivity contribution in [3.63, 3.8) is 0 Å². The highest BCUT2D eigenvalue weighted by atomic mass is 127. The first-order valence-corrected chi connectivity index (χ1v) is 6.21. The number of alkyl halides is 1. The maximum Gasteiger partial charge on any atom is 0.0144 e. The number of rotatable bonds is 2. The van der Waals surface area contributed by atoms with E-state index >= 15 is 0 Å². The molecular weight excluding hydrogens is 259 g/mol. The van der Waals surface area contributed by atoms with Crippen LogP contribution in [-0.4, -0.2) is 3.92 Å². The monoisotopic (exact) mass is 278 g/mol. The van der Waals surface area contributed by atoms with Gasteiger partial charge in [0.25, 0.3) is 0 Å². The fraction of sp³-hybridized carbons (Fsp3) is 0.818. The zero-order chi connectivity index (χ0) is 9.14. The summed E-state index contributed by atoms with van der Waals surface area (Å²) in [4.78, 5) is 0. The Balaban J connectivity index is 2.64. The molecule has 0 aliphatic heterocycles. The lowest BCUT2D eigenvalue weighted by Gasteiger charge is -2.27. The second kappa shape index (κ2) is 4.64. The van der Waals surface area contributed by atoms with Crippen molar-refractivity contribution in [2.24, 2.45) is 11.8 Å². The highest BCUT2D eigenvalue weighted by molar-refractivity contribution is 14.1. The Morgan fingerprint density at radius 1 is 1.67 bits per heavy atom. The number of halogens is 1. The van der Waals surface area contributed by atoms with Crippen molar-refractivity contribution < 1.29 is 0 Å². The molecule has 12 heavy (non-hydrogen) atoms. The van der Waals surface area contributed by atoms with Gasteiger partial charge in [-0.25, -0.2) is 0 Å². The number of hydrogen-bond donors (Lipinski definition) is 0. The normalized spacial score (nSPS) is 32.8. The van der Waals surface area contributed by atoms with Crippen molar-refractivity contribution in [3.8, 4) is 0 Å². The molecule has 0 nitrogen and oxygen atoms in total. The molecule has 0 radical (unpaired) electrons. The molecule has 0 spiro atoms. The Morgan fingerprint density at radius 2 is 2.33 bits per heavy atom. The fourth-order valence-electron chi connectivity index (χ4n) is 2.02. The SMILES string of the molecule is CCC1=CC(C(C)I)CC(C)C1. The molecular formula is C11H19I. The lowest BCUT2D eigenvalue weighted by Crippen LogP contribution is -2.17. The summed E-state index contributed by atoms with van der Waals surface area (Å²) in [5.41, 5.74) is 1.68. The van der Waals surface area contributed by atoms with E-state index in [2.05, 4.69) is 49.4 Å². The molecule has 0 aromatic carbocycles. The molecule has 1 heteroatoms. The Hall–Kier alpha value is 0.470. The second-order valence-corrected chi connectivity index (χ2v) is 6.03. The average Bonchev–Trinajstić information content (AvgIpc) is 2.03. The Bertz CT molecular complexity index is 170. The van der Waals surface area contributed by atoms with E-state index < -0.39 is 0 Å². The minimum Gasteiger partial charge on any atom is -0.0823 e. The van der Waals surface area contributed by atoms with Crippen LogP contribution in [0.2, 0.25) is 0 Å². The minimum absolute atomic E-state index is 0.798. The van der Waals surface area contributed by atoms with E-state index in [1.165, 1.54) is 19.3 Å². The summed E-state index contributed by atoms with van der Waals surface area (Å²) in [7, 11) is 0. The van der Waals surface area contributed by atoms with Crippen LogP contribution in [0.15, 0.2) is 11.6 Å². The van der Waals surface area contributed by atoms with Crippen LogP contribution in [0.3, 0.4) is 0 Å². The Morgan fingerprint density at radius 3 is 2.83 bits per heavy atom. The zero-order valence-electron chi connectivity index (χ0n) is 8.31. The standard InChI is InChI=1S/C11H19I/c1-4-10-5-8(2)6-11(7-10)9(3)12/h7-9,11H,4-6H2,1-3H3. The summed E-state index contributed by atoms with van der Waals surface area (Å²) in [5.74, 6) is 1.75. The highest BCUT2D eigenvalue weighted by Crippen LogP contribution is 2.33. The molecule has 0 aromatic rings. The van der Waals surface area contributed by atoms with Crippen LogP contribution < -0.4 is 0 Å². The Kier molecular flexibility index (Phi) is 4.08. The van der Waals surface area contributed by atoms with Gasteiger partial charge in [0.05, 0.1) is 0 Å². The van der Waals surface area contributed by atoms with Crippen LogP contribution in [0.1, 0.15) is 40.0 Å². The van der Waals surface area contributed by atoms with Gasteiger partial charge in [0.1, 0.15) is 0 Å². The molecule has 0 fully saturated rings. The third-order valence-electron chi connectivity index (χ3n) is 2.78. The van der Waals surface area contributed by atoms with Crippen molar-refractivity contribution in [3.05, 3.63) is 11.6 Å². The van der Waals surface area contributed by atoms with Gasteiger partial charge >= 0.3 is 0 Å². The molecule has 0 heterocycles. The Labute approximate surface area is 90.0 Å². The van der Waals surface area contributed by atoms with E-state index in [1.807, 2.05) is 0 Å². The number of allylic oxidation sites excluding steroid dienone is 2. The maximum absolute atomic E-state index is 2.55. The first-order valence-electron chi connectivity index (χ1n) is 4.97. The van der Waals surface area contributed by atoms with Gasteiger partial charge in [-0.1, -0.05) is 55.0 Å². The first-order chi connectivity index (χ1) is 5.63. The molecule has 3 unspecified atom stereocenters. The van der Waals surface area contributed by atoms with Crippen LogP contribution in [-0.2, 0) is 0 Å². The summed E-state index contributed by atoms with van der Waals surface area (Å²) >= 11 is 2.55. The predicted octanol–water partition coefficient (Wildman–Crippen LogP) is 4.19. The molecule has 70 valence electrons. The zero-order valence-corrected chi connectivity index (χ0v) is 10.5. The van der Waals surface area contributed by atoms with Crippen molar-refractivity contribution in [2.75, 3.05) is 0 Å². The van der Waals surface area contributed by atoms with E-state index in [0.29, 0.717) is 0 Å². The smallest absolute Gasteiger partial charge is 0.0144 e. The second-order valence-electron chi connectivity index (χ2n) is 4.06. The van der Waals surface area contributed by atoms with Gasteiger partial charge in [0.15, 0.2) is 0 Å². The van der Waals surface area contributed by atoms with Crippen LogP contribution >= 0.6 is 22.6 Å². The molecule has 0 N–H and O–H groups in total. The van der Waals surface area contributed by atoms with E-state index in [0.717, 1.165) is 15.8 Å². The van der Waals surface area contributed by atoms with Crippen molar-refractivity contribution in [1.82, 2.24) is 0 Å². The summed E-state index contributed by atoms with van der Waals surface area (Å²) in [6.45, 7) is 6.99. The molecule has 1 aliphatic carbocycles. The van der Waals surface area contributed by atoms with Crippen molar-refractivity contribution >= 4 is 22.6 Å². The molecule has 0 saturated carbocycles.